The third kappa shape index (κ3) is 5.04. The van der Waals surface area contributed by atoms with Gasteiger partial charge >= 0.3 is 14.2 Å². The molecule has 154 valence electrons. The maximum absolute atomic E-state index is 9.61. The molecule has 0 spiro atoms. The van der Waals surface area contributed by atoms with Crippen LogP contribution in [0.1, 0.15) is 24.1 Å². The SMILES string of the molecule is C.OB1OCc2ccc(O)cc21.OB1OCc2ccc(OCc3ccccc3)cc21. The average molecular weight is 406 g/mol. The fraction of sp³-hybridized carbons (Fsp3) is 0.182. The lowest BCUT2D eigenvalue weighted by Gasteiger charge is -2.07. The minimum Gasteiger partial charge on any atom is -0.508 e. The van der Waals surface area contributed by atoms with Crippen LogP contribution >= 0.6 is 0 Å². The third-order valence-electron chi connectivity index (χ3n) is 4.82. The van der Waals surface area contributed by atoms with Gasteiger partial charge in [0.2, 0.25) is 0 Å². The van der Waals surface area contributed by atoms with Crippen LogP contribution in [0.2, 0.25) is 0 Å². The highest BCUT2D eigenvalue weighted by molar-refractivity contribution is 6.62. The van der Waals surface area contributed by atoms with Gasteiger partial charge in [0.25, 0.3) is 0 Å². The Kier molecular flexibility index (Phi) is 7.18. The van der Waals surface area contributed by atoms with Crippen molar-refractivity contribution in [2.45, 2.75) is 27.2 Å². The Morgan fingerprint density at radius 3 is 2.07 bits per heavy atom. The molecule has 0 amide bonds. The summed E-state index contributed by atoms with van der Waals surface area (Å²) in [5.74, 6) is 0.912. The van der Waals surface area contributed by atoms with E-state index in [0.717, 1.165) is 27.9 Å². The van der Waals surface area contributed by atoms with E-state index in [0.29, 0.717) is 25.3 Å². The highest BCUT2D eigenvalue weighted by Gasteiger charge is 2.28. The van der Waals surface area contributed by atoms with E-state index in [2.05, 4.69) is 0 Å². The van der Waals surface area contributed by atoms with Crippen molar-refractivity contribution in [1.29, 1.82) is 0 Å². The van der Waals surface area contributed by atoms with Crippen LogP contribution in [0.4, 0.5) is 0 Å². The molecule has 0 unspecified atom stereocenters. The van der Waals surface area contributed by atoms with Crippen LogP contribution in [0.15, 0.2) is 66.7 Å². The van der Waals surface area contributed by atoms with Crippen LogP contribution < -0.4 is 15.7 Å². The topological polar surface area (TPSA) is 88.4 Å². The normalized spacial score (nSPS) is 13.7. The largest absolute Gasteiger partial charge is 0.508 e. The van der Waals surface area contributed by atoms with E-state index in [1.165, 1.54) is 6.07 Å². The van der Waals surface area contributed by atoms with E-state index in [1.54, 1.807) is 12.1 Å². The second kappa shape index (κ2) is 9.82. The van der Waals surface area contributed by atoms with E-state index in [-0.39, 0.29) is 13.2 Å². The Labute approximate surface area is 177 Å². The Morgan fingerprint density at radius 2 is 1.40 bits per heavy atom. The average Bonchev–Trinajstić information content (AvgIpc) is 3.30. The number of ether oxygens (including phenoxy) is 1. The fourth-order valence-electron chi connectivity index (χ4n) is 3.23. The van der Waals surface area contributed by atoms with Gasteiger partial charge in [-0.2, -0.15) is 0 Å². The molecule has 0 saturated heterocycles. The monoisotopic (exact) mass is 406 g/mol. The first-order valence-corrected chi connectivity index (χ1v) is 9.31. The molecule has 0 aliphatic carbocycles. The van der Waals surface area contributed by atoms with Crippen molar-refractivity contribution >= 4 is 25.2 Å². The molecule has 0 atom stereocenters. The van der Waals surface area contributed by atoms with Gasteiger partial charge in [0.1, 0.15) is 18.1 Å². The quantitative estimate of drug-likeness (QED) is 0.575. The summed E-state index contributed by atoms with van der Waals surface area (Å²) in [6.45, 7) is 1.42. The summed E-state index contributed by atoms with van der Waals surface area (Å²) < 4.78 is 15.8. The number of benzene rings is 3. The predicted octanol–water partition coefficient (Wildman–Crippen LogP) is 1.73. The van der Waals surface area contributed by atoms with Crippen molar-refractivity contribution < 1.29 is 29.2 Å². The van der Waals surface area contributed by atoms with E-state index in [4.69, 9.17) is 19.2 Å². The molecule has 6 nitrogen and oxygen atoms in total. The molecule has 3 N–H and O–H groups in total. The highest BCUT2D eigenvalue weighted by atomic mass is 16.5. The maximum atomic E-state index is 9.61. The number of rotatable bonds is 3. The first kappa shape index (κ1) is 21.9. The van der Waals surface area contributed by atoms with E-state index >= 15 is 0 Å². The van der Waals surface area contributed by atoms with Gasteiger partial charge in [-0.1, -0.05) is 49.9 Å². The molecule has 3 aromatic carbocycles. The van der Waals surface area contributed by atoms with Crippen LogP contribution in [0.3, 0.4) is 0 Å². The molecule has 2 aliphatic rings. The summed E-state index contributed by atoms with van der Waals surface area (Å²) in [6.07, 6.45) is 0. The van der Waals surface area contributed by atoms with Crippen molar-refractivity contribution in [3.05, 3.63) is 83.4 Å². The van der Waals surface area contributed by atoms with Crippen LogP contribution in [0.5, 0.6) is 11.5 Å². The Bertz CT molecular complexity index is 983. The summed E-state index contributed by atoms with van der Waals surface area (Å²) in [5, 5.41) is 27.8. The molecular formula is C22H24B2O6. The van der Waals surface area contributed by atoms with Crippen LogP contribution in [-0.2, 0) is 29.1 Å². The molecule has 2 heterocycles. The summed E-state index contributed by atoms with van der Waals surface area (Å²) in [5.41, 5.74) is 4.56. The van der Waals surface area contributed by atoms with Crippen molar-refractivity contribution in [3.63, 3.8) is 0 Å². The van der Waals surface area contributed by atoms with Gasteiger partial charge in [-0.25, -0.2) is 0 Å². The maximum Gasteiger partial charge on any atom is 0.491 e. The van der Waals surface area contributed by atoms with Crippen molar-refractivity contribution in [1.82, 2.24) is 0 Å². The number of aromatic hydroxyl groups is 1. The zero-order valence-corrected chi connectivity index (χ0v) is 15.7. The Morgan fingerprint density at radius 1 is 0.800 bits per heavy atom. The molecule has 8 heteroatoms. The second-order valence-corrected chi connectivity index (χ2v) is 6.84. The number of hydrogen-bond acceptors (Lipinski definition) is 6. The zero-order valence-electron chi connectivity index (χ0n) is 15.7. The molecule has 30 heavy (non-hydrogen) atoms. The van der Waals surface area contributed by atoms with Gasteiger partial charge < -0.3 is 29.2 Å². The highest BCUT2D eigenvalue weighted by Crippen LogP contribution is 2.17. The smallest absolute Gasteiger partial charge is 0.491 e. The number of hydrogen-bond donors (Lipinski definition) is 3. The summed E-state index contributed by atoms with van der Waals surface area (Å²) in [7, 11) is -1.68. The molecule has 0 aromatic heterocycles. The van der Waals surface area contributed by atoms with Gasteiger partial charge in [0.15, 0.2) is 0 Å². The lowest BCUT2D eigenvalue weighted by atomic mass is 9.79. The molecule has 0 fully saturated rings. The van der Waals surface area contributed by atoms with Gasteiger partial charge in [-0.15, -0.1) is 0 Å². The Hall–Kier alpha value is -2.77. The van der Waals surface area contributed by atoms with E-state index < -0.39 is 14.2 Å². The minimum absolute atomic E-state index is 0. The first-order chi connectivity index (χ1) is 14.1. The van der Waals surface area contributed by atoms with Crippen LogP contribution in [0, 0.1) is 0 Å². The van der Waals surface area contributed by atoms with Crippen molar-refractivity contribution in [3.8, 4) is 11.5 Å². The molecule has 0 radical (unpaired) electrons. The van der Waals surface area contributed by atoms with Gasteiger partial charge in [0, 0.05) is 0 Å². The molecule has 0 saturated carbocycles. The number of phenols is 1. The van der Waals surface area contributed by atoms with Crippen molar-refractivity contribution in [2.24, 2.45) is 0 Å². The summed E-state index contributed by atoms with van der Waals surface area (Å²) in [6, 6.07) is 20.5. The lowest BCUT2D eigenvalue weighted by Crippen LogP contribution is -2.27. The lowest BCUT2D eigenvalue weighted by molar-refractivity contribution is 0.275. The van der Waals surface area contributed by atoms with E-state index in [9.17, 15) is 10.0 Å². The van der Waals surface area contributed by atoms with Crippen LogP contribution in [-0.4, -0.2) is 29.4 Å². The predicted molar refractivity (Wildman–Crippen MR) is 117 cm³/mol. The van der Waals surface area contributed by atoms with E-state index in [1.807, 2.05) is 48.5 Å². The molecule has 2 aliphatic heterocycles. The van der Waals surface area contributed by atoms with Crippen molar-refractivity contribution in [2.75, 3.05) is 0 Å². The zero-order chi connectivity index (χ0) is 20.2. The minimum atomic E-state index is -0.864. The third-order valence-corrected chi connectivity index (χ3v) is 4.82. The summed E-state index contributed by atoms with van der Waals surface area (Å²) in [4.78, 5) is 0. The standard InChI is InChI=1S/C14H13BO3.C7H7BO3.CH4/c16-15-14-8-13(7-6-12(14)10-18-15)17-9-11-4-2-1-3-5-11;9-6-2-1-5-4-11-8(10)7(5)3-6;/h1-8,16H,9-10H2;1-3,9-10H,4H2;1H4. The summed E-state index contributed by atoms with van der Waals surface area (Å²) >= 11 is 0. The number of phenolic OH excluding ortho intramolecular Hbond substituents is 1. The number of fused-ring (bicyclic) bond motifs is 2. The van der Waals surface area contributed by atoms with Gasteiger partial charge in [-0.05, 0) is 51.9 Å². The van der Waals surface area contributed by atoms with Crippen LogP contribution in [0.25, 0.3) is 0 Å². The molecular weight excluding hydrogens is 382 g/mol. The Balaban J connectivity index is 0.000000184. The first-order valence-electron chi connectivity index (χ1n) is 9.31. The van der Waals surface area contributed by atoms with Gasteiger partial charge in [-0.3, -0.25) is 0 Å². The molecule has 3 aromatic rings. The second-order valence-electron chi connectivity index (χ2n) is 6.84. The van der Waals surface area contributed by atoms with Gasteiger partial charge in [0.05, 0.1) is 13.2 Å². The fourth-order valence-corrected chi connectivity index (χ4v) is 3.23. The molecule has 5 rings (SSSR count). The molecule has 0 bridgehead atoms.